The van der Waals surface area contributed by atoms with E-state index in [0.29, 0.717) is 49.8 Å². The van der Waals surface area contributed by atoms with Gasteiger partial charge in [-0.1, -0.05) is 0 Å². The molecule has 0 atom stereocenters. The van der Waals surface area contributed by atoms with Crippen molar-refractivity contribution in [1.82, 2.24) is 10.2 Å². The maximum atomic E-state index is 13.1. The number of nitrogens with one attached hydrogen (secondary N) is 1. The predicted octanol–water partition coefficient (Wildman–Crippen LogP) is 3.51. The molecule has 1 aliphatic carbocycles. The molecular formula is C33H43N3O7. The number of amides is 2. The summed E-state index contributed by atoms with van der Waals surface area (Å²) in [5, 5.41) is 11.6. The molecule has 2 aromatic rings. The number of benzene rings is 2. The van der Waals surface area contributed by atoms with Crippen LogP contribution in [0, 0.1) is 5.41 Å². The molecular weight excluding hydrogens is 550 g/mol. The molecule has 5 rings (SSSR count). The number of carbonyl (C=O) groups excluding carboxylic acids is 3. The minimum Gasteiger partial charge on any atom is -0.494 e. The first-order valence-electron chi connectivity index (χ1n) is 15.3. The second kappa shape index (κ2) is 13.9. The van der Waals surface area contributed by atoms with Gasteiger partial charge in [-0.25, -0.2) is 4.79 Å². The number of nitrogens with zero attached hydrogens (tertiary/aromatic N) is 2. The van der Waals surface area contributed by atoms with Crippen LogP contribution in [-0.2, 0) is 20.8 Å². The zero-order valence-corrected chi connectivity index (χ0v) is 25.2. The summed E-state index contributed by atoms with van der Waals surface area (Å²) in [7, 11) is 1.42. The molecule has 0 radical (unpaired) electrons. The Morgan fingerprint density at radius 2 is 1.84 bits per heavy atom. The summed E-state index contributed by atoms with van der Waals surface area (Å²) >= 11 is 0. The van der Waals surface area contributed by atoms with Crippen LogP contribution in [0.2, 0.25) is 0 Å². The number of hydrogen-bond acceptors (Lipinski definition) is 8. The lowest BCUT2D eigenvalue weighted by atomic mass is 9.77. The van der Waals surface area contributed by atoms with Crippen LogP contribution in [-0.4, -0.2) is 87.5 Å². The molecule has 10 heteroatoms. The maximum absolute atomic E-state index is 13.1. The summed E-state index contributed by atoms with van der Waals surface area (Å²) in [6, 6.07) is 11.2. The van der Waals surface area contributed by atoms with E-state index in [1.165, 1.54) is 7.11 Å². The van der Waals surface area contributed by atoms with Gasteiger partial charge in [-0.05, 0) is 99.0 Å². The summed E-state index contributed by atoms with van der Waals surface area (Å²) in [4.78, 5) is 42.3. The molecule has 2 N–H and O–H groups in total. The number of piperidine rings is 1. The molecule has 3 aliphatic rings. The van der Waals surface area contributed by atoms with Crippen molar-refractivity contribution in [3.63, 3.8) is 0 Å². The SMILES string of the molecule is CCOc1cc(C(=O)OC)c(C2CC2)cc1CN1CCC2(CC1)CC(=O)N(c1ccc(C(=O)NCCOCCO)cc1)C2. The lowest BCUT2D eigenvalue weighted by molar-refractivity contribution is -0.118. The van der Waals surface area contributed by atoms with Crippen molar-refractivity contribution in [1.29, 1.82) is 0 Å². The number of ether oxygens (including phenoxy) is 3. The topological polar surface area (TPSA) is 118 Å². The van der Waals surface area contributed by atoms with Gasteiger partial charge in [-0.2, -0.15) is 0 Å². The molecule has 0 unspecified atom stereocenters. The summed E-state index contributed by atoms with van der Waals surface area (Å²) < 4.78 is 16.2. The Kier molecular flexibility index (Phi) is 10.00. The van der Waals surface area contributed by atoms with E-state index in [2.05, 4.69) is 16.3 Å². The third-order valence-electron chi connectivity index (χ3n) is 8.80. The molecule has 10 nitrogen and oxygen atoms in total. The summed E-state index contributed by atoms with van der Waals surface area (Å²) in [5.41, 5.74) is 4.04. The number of esters is 1. The standard InChI is InChI=1S/C33H43N3O7/c1-3-43-29-19-28(32(40)41-2)27(23-4-5-23)18-25(29)21-35-13-10-33(11-14-35)20-30(38)36(22-33)26-8-6-24(7-9-26)31(39)34-12-16-42-17-15-37/h6-9,18-19,23,37H,3-5,10-17,20-22H2,1-2H3,(H,34,39). The minimum atomic E-state index is -0.317. The van der Waals surface area contributed by atoms with E-state index in [0.717, 1.165) is 67.9 Å². The Labute approximate surface area is 253 Å². The molecule has 1 spiro atoms. The van der Waals surface area contributed by atoms with Gasteiger partial charge in [0.25, 0.3) is 5.91 Å². The van der Waals surface area contributed by atoms with Crippen molar-refractivity contribution < 1.29 is 33.7 Å². The van der Waals surface area contributed by atoms with Crippen LogP contribution in [0.25, 0.3) is 0 Å². The van der Waals surface area contributed by atoms with Crippen molar-refractivity contribution >= 4 is 23.5 Å². The third kappa shape index (κ3) is 7.37. The molecule has 43 heavy (non-hydrogen) atoms. The van der Waals surface area contributed by atoms with E-state index < -0.39 is 0 Å². The summed E-state index contributed by atoms with van der Waals surface area (Å²) in [5.74, 6) is 0.749. The van der Waals surface area contributed by atoms with E-state index in [4.69, 9.17) is 19.3 Å². The van der Waals surface area contributed by atoms with Crippen LogP contribution in [0.15, 0.2) is 36.4 Å². The Balaban J connectivity index is 1.19. The number of anilines is 1. The predicted molar refractivity (Wildman–Crippen MR) is 162 cm³/mol. The molecule has 2 aliphatic heterocycles. The number of hydrogen-bond donors (Lipinski definition) is 2. The third-order valence-corrected chi connectivity index (χ3v) is 8.80. The van der Waals surface area contributed by atoms with E-state index in [1.54, 1.807) is 12.1 Å². The van der Waals surface area contributed by atoms with Crippen molar-refractivity contribution in [2.75, 3.05) is 64.6 Å². The highest BCUT2D eigenvalue weighted by molar-refractivity contribution is 5.98. The van der Waals surface area contributed by atoms with E-state index in [-0.39, 0.29) is 36.4 Å². The number of likely N-dealkylation sites (tertiary alicyclic amines) is 1. The Bertz CT molecular complexity index is 1300. The Morgan fingerprint density at radius 3 is 2.49 bits per heavy atom. The van der Waals surface area contributed by atoms with Gasteiger partial charge in [-0.15, -0.1) is 0 Å². The normalized spacial score (nSPS) is 18.2. The fourth-order valence-corrected chi connectivity index (χ4v) is 6.27. The van der Waals surface area contributed by atoms with Gasteiger partial charge in [0.1, 0.15) is 5.75 Å². The van der Waals surface area contributed by atoms with E-state index in [9.17, 15) is 14.4 Å². The van der Waals surface area contributed by atoms with Crippen LogP contribution in [0.5, 0.6) is 5.75 Å². The zero-order chi connectivity index (χ0) is 30.4. The van der Waals surface area contributed by atoms with Gasteiger partial charge >= 0.3 is 5.97 Å². The van der Waals surface area contributed by atoms with Crippen molar-refractivity contribution in [3.05, 3.63) is 58.7 Å². The molecule has 3 fully saturated rings. The fourth-order valence-electron chi connectivity index (χ4n) is 6.27. The van der Waals surface area contributed by atoms with E-state index in [1.807, 2.05) is 30.0 Å². The highest BCUT2D eigenvalue weighted by Gasteiger charge is 2.45. The largest absolute Gasteiger partial charge is 0.494 e. The molecule has 0 bridgehead atoms. The van der Waals surface area contributed by atoms with Crippen LogP contribution >= 0.6 is 0 Å². The molecule has 1 saturated carbocycles. The van der Waals surface area contributed by atoms with Crippen LogP contribution in [0.3, 0.4) is 0 Å². The Morgan fingerprint density at radius 1 is 1.09 bits per heavy atom. The average molecular weight is 594 g/mol. The average Bonchev–Trinajstić information content (AvgIpc) is 3.82. The highest BCUT2D eigenvalue weighted by atomic mass is 16.5. The van der Waals surface area contributed by atoms with Gasteiger partial charge in [-0.3, -0.25) is 14.5 Å². The van der Waals surface area contributed by atoms with E-state index >= 15 is 0 Å². The van der Waals surface area contributed by atoms with Gasteiger partial charge in [0, 0.05) is 42.9 Å². The lowest BCUT2D eigenvalue weighted by Gasteiger charge is -2.39. The van der Waals surface area contributed by atoms with Crippen molar-refractivity contribution in [2.24, 2.45) is 5.41 Å². The number of aliphatic hydroxyl groups excluding tert-OH is 1. The van der Waals surface area contributed by atoms with Crippen molar-refractivity contribution in [3.8, 4) is 5.75 Å². The number of aliphatic hydroxyl groups is 1. The molecule has 2 heterocycles. The monoisotopic (exact) mass is 593 g/mol. The molecule has 232 valence electrons. The molecule has 0 aromatic heterocycles. The molecule has 2 aromatic carbocycles. The summed E-state index contributed by atoms with van der Waals surface area (Å²) in [6.45, 7) is 6.54. The first-order valence-corrected chi connectivity index (χ1v) is 15.3. The first-order chi connectivity index (χ1) is 20.9. The quantitative estimate of drug-likeness (QED) is 0.268. The lowest BCUT2D eigenvalue weighted by Crippen LogP contribution is -2.41. The Hall–Kier alpha value is -3.47. The fraction of sp³-hybridized carbons (Fsp3) is 0.545. The molecule has 2 amide bonds. The zero-order valence-electron chi connectivity index (χ0n) is 25.2. The van der Waals surface area contributed by atoms with Crippen LogP contribution < -0.4 is 15.0 Å². The number of methoxy groups -OCH3 is 1. The van der Waals surface area contributed by atoms with Crippen molar-refractivity contribution in [2.45, 2.75) is 51.5 Å². The number of rotatable bonds is 13. The van der Waals surface area contributed by atoms with Gasteiger partial charge in [0.05, 0.1) is 39.1 Å². The van der Waals surface area contributed by atoms with Crippen LogP contribution in [0.4, 0.5) is 5.69 Å². The highest BCUT2D eigenvalue weighted by Crippen LogP contribution is 2.45. The second-order valence-electron chi connectivity index (χ2n) is 11.8. The first kappa shape index (κ1) is 31.0. The maximum Gasteiger partial charge on any atom is 0.338 e. The summed E-state index contributed by atoms with van der Waals surface area (Å²) in [6.07, 6.45) is 4.56. The van der Waals surface area contributed by atoms with Crippen LogP contribution in [0.1, 0.15) is 76.8 Å². The van der Waals surface area contributed by atoms with Gasteiger partial charge in [0.15, 0.2) is 0 Å². The van der Waals surface area contributed by atoms with Gasteiger partial charge < -0.3 is 29.5 Å². The molecule has 2 saturated heterocycles. The minimum absolute atomic E-state index is 0.0469. The second-order valence-corrected chi connectivity index (χ2v) is 11.8. The number of carbonyl (C=O) groups is 3. The smallest absolute Gasteiger partial charge is 0.338 e. The van der Waals surface area contributed by atoms with Gasteiger partial charge in [0.2, 0.25) is 5.91 Å².